The van der Waals surface area contributed by atoms with E-state index in [2.05, 4.69) is 4.98 Å². The summed E-state index contributed by atoms with van der Waals surface area (Å²) in [5.74, 6) is 0.278. The smallest absolute Gasteiger partial charge is 0.341 e. The summed E-state index contributed by atoms with van der Waals surface area (Å²) in [5.41, 5.74) is 0.109. The summed E-state index contributed by atoms with van der Waals surface area (Å²) in [5, 5.41) is 11.1. The Morgan fingerprint density at radius 2 is 2.06 bits per heavy atom. The van der Waals surface area contributed by atoms with Crippen LogP contribution in [0.25, 0.3) is 6.08 Å². The molecule has 0 aliphatic carbocycles. The monoisotopic (exact) mass is 253 g/mol. The van der Waals surface area contributed by atoms with Crippen molar-refractivity contribution in [2.45, 2.75) is 0 Å². The first-order chi connectivity index (χ1) is 8.51. The van der Waals surface area contributed by atoms with Crippen LogP contribution in [-0.4, -0.2) is 43.1 Å². The Labute approximate surface area is 105 Å². The van der Waals surface area contributed by atoms with E-state index in [1.807, 2.05) is 14.1 Å². The lowest BCUT2D eigenvalue weighted by molar-refractivity contribution is -0.386. The Hall–Kier alpha value is -2.31. The van der Waals surface area contributed by atoms with Crippen LogP contribution in [0.1, 0.15) is 5.56 Å². The Balaban J connectivity index is 3.45. The third-order valence-corrected chi connectivity index (χ3v) is 2.16. The second-order valence-corrected chi connectivity index (χ2v) is 3.63. The molecule has 7 heteroatoms. The molecular formula is C11H15N3O4. The van der Waals surface area contributed by atoms with Crippen molar-refractivity contribution in [1.29, 1.82) is 0 Å². The van der Waals surface area contributed by atoms with Gasteiger partial charge in [-0.25, -0.2) is 4.98 Å². The molecule has 0 fully saturated rings. The predicted molar refractivity (Wildman–Crippen MR) is 66.7 cm³/mol. The molecule has 1 aromatic rings. The van der Waals surface area contributed by atoms with Gasteiger partial charge in [0.05, 0.1) is 25.3 Å². The van der Waals surface area contributed by atoms with Gasteiger partial charge in [-0.1, -0.05) is 0 Å². The lowest BCUT2D eigenvalue weighted by Crippen LogP contribution is -2.03. The lowest BCUT2D eigenvalue weighted by atomic mass is 10.2. The Kier molecular flexibility index (Phi) is 4.47. The zero-order valence-corrected chi connectivity index (χ0v) is 10.7. The standard InChI is InChI=1S/C11H15N3O4/c1-13(2)6-5-8-9(17-3)7-12-11(18-4)10(8)14(15)16/h5-7H,1-4H3. The molecule has 0 aliphatic rings. The van der Waals surface area contributed by atoms with E-state index in [-0.39, 0.29) is 11.6 Å². The van der Waals surface area contributed by atoms with Crippen molar-refractivity contribution in [1.82, 2.24) is 9.88 Å². The number of rotatable bonds is 5. The number of nitrogens with zero attached hydrogens (tertiary/aromatic N) is 3. The van der Waals surface area contributed by atoms with Gasteiger partial charge in [-0.2, -0.15) is 0 Å². The molecule has 0 spiro atoms. The molecule has 18 heavy (non-hydrogen) atoms. The van der Waals surface area contributed by atoms with Gasteiger partial charge in [0.2, 0.25) is 0 Å². The highest BCUT2D eigenvalue weighted by Crippen LogP contribution is 2.35. The number of methoxy groups -OCH3 is 2. The molecule has 0 saturated heterocycles. The second kappa shape index (κ2) is 5.85. The molecule has 0 saturated carbocycles. The maximum atomic E-state index is 11.1. The van der Waals surface area contributed by atoms with Crippen LogP contribution in [0.3, 0.4) is 0 Å². The normalized spacial score (nSPS) is 10.4. The van der Waals surface area contributed by atoms with E-state index < -0.39 is 4.92 Å². The summed E-state index contributed by atoms with van der Waals surface area (Å²) in [4.78, 5) is 16.2. The van der Waals surface area contributed by atoms with Gasteiger partial charge in [-0.05, 0) is 12.3 Å². The number of aromatic nitrogens is 1. The Bertz CT molecular complexity index is 472. The number of hydrogen-bond donors (Lipinski definition) is 0. The molecule has 7 nitrogen and oxygen atoms in total. The van der Waals surface area contributed by atoms with E-state index in [1.54, 1.807) is 17.2 Å². The number of hydrogen-bond acceptors (Lipinski definition) is 6. The van der Waals surface area contributed by atoms with Crippen LogP contribution in [0.5, 0.6) is 11.6 Å². The van der Waals surface area contributed by atoms with Gasteiger partial charge in [0.15, 0.2) is 5.75 Å². The van der Waals surface area contributed by atoms with Crippen molar-refractivity contribution < 1.29 is 14.4 Å². The minimum absolute atomic E-state index is 0.0424. The first kappa shape index (κ1) is 13.8. The maximum Gasteiger partial charge on any atom is 0.341 e. The van der Waals surface area contributed by atoms with Crippen LogP contribution in [0.2, 0.25) is 0 Å². The fourth-order valence-corrected chi connectivity index (χ4v) is 1.35. The van der Waals surface area contributed by atoms with Crippen molar-refractivity contribution in [3.05, 3.63) is 28.1 Å². The van der Waals surface area contributed by atoms with Crippen LogP contribution in [0.15, 0.2) is 12.4 Å². The summed E-state index contributed by atoms with van der Waals surface area (Å²) in [6.07, 6.45) is 4.66. The number of nitro groups is 1. The third kappa shape index (κ3) is 2.88. The van der Waals surface area contributed by atoms with Gasteiger partial charge in [-0.3, -0.25) is 10.1 Å². The summed E-state index contributed by atoms with van der Waals surface area (Å²) < 4.78 is 9.97. The van der Waals surface area contributed by atoms with Crippen LogP contribution >= 0.6 is 0 Å². The fourth-order valence-electron chi connectivity index (χ4n) is 1.35. The van der Waals surface area contributed by atoms with Crippen molar-refractivity contribution in [2.75, 3.05) is 28.3 Å². The van der Waals surface area contributed by atoms with E-state index in [0.717, 1.165) is 0 Å². The molecule has 0 N–H and O–H groups in total. The molecule has 0 atom stereocenters. The molecule has 0 amide bonds. The quantitative estimate of drug-likeness (QED) is 0.585. The summed E-state index contributed by atoms with van der Waals surface area (Å²) in [6, 6.07) is 0. The number of ether oxygens (including phenoxy) is 2. The van der Waals surface area contributed by atoms with Crippen molar-refractivity contribution in [2.24, 2.45) is 0 Å². The van der Waals surface area contributed by atoms with Gasteiger partial charge < -0.3 is 14.4 Å². The Morgan fingerprint density at radius 3 is 2.50 bits per heavy atom. The zero-order chi connectivity index (χ0) is 13.7. The van der Waals surface area contributed by atoms with Crippen molar-refractivity contribution >= 4 is 11.8 Å². The average Bonchev–Trinajstić information content (AvgIpc) is 2.34. The average molecular weight is 253 g/mol. The number of pyridine rings is 1. The van der Waals surface area contributed by atoms with Crippen molar-refractivity contribution in [3.8, 4) is 11.6 Å². The summed E-state index contributed by atoms with van der Waals surface area (Å²) in [6.45, 7) is 0. The highest BCUT2D eigenvalue weighted by atomic mass is 16.6. The molecule has 1 heterocycles. The van der Waals surface area contributed by atoms with E-state index >= 15 is 0 Å². The Morgan fingerprint density at radius 1 is 1.39 bits per heavy atom. The minimum Gasteiger partial charge on any atom is -0.494 e. The molecule has 0 unspecified atom stereocenters. The van der Waals surface area contributed by atoms with Gasteiger partial charge in [0.25, 0.3) is 5.88 Å². The third-order valence-electron chi connectivity index (χ3n) is 2.16. The topological polar surface area (TPSA) is 77.7 Å². The molecule has 0 radical (unpaired) electrons. The summed E-state index contributed by atoms with van der Waals surface area (Å²) >= 11 is 0. The molecular weight excluding hydrogens is 238 g/mol. The second-order valence-electron chi connectivity index (χ2n) is 3.63. The zero-order valence-electron chi connectivity index (χ0n) is 10.7. The SMILES string of the molecule is COc1cnc(OC)c([N+](=O)[O-])c1C=CN(C)C. The van der Waals surface area contributed by atoms with Gasteiger partial charge in [-0.15, -0.1) is 0 Å². The molecule has 0 bridgehead atoms. The van der Waals surface area contributed by atoms with Crippen LogP contribution in [0.4, 0.5) is 5.69 Å². The summed E-state index contributed by atoms with van der Waals surface area (Å²) in [7, 11) is 6.39. The molecule has 1 rings (SSSR count). The van der Waals surface area contributed by atoms with Crippen LogP contribution in [-0.2, 0) is 0 Å². The fraction of sp³-hybridized carbons (Fsp3) is 0.364. The van der Waals surface area contributed by atoms with Gasteiger partial charge in [0.1, 0.15) is 5.56 Å². The van der Waals surface area contributed by atoms with E-state index in [4.69, 9.17) is 9.47 Å². The van der Waals surface area contributed by atoms with Crippen molar-refractivity contribution in [3.63, 3.8) is 0 Å². The highest BCUT2D eigenvalue weighted by molar-refractivity contribution is 5.70. The van der Waals surface area contributed by atoms with Gasteiger partial charge in [0, 0.05) is 14.1 Å². The lowest BCUT2D eigenvalue weighted by Gasteiger charge is -2.09. The van der Waals surface area contributed by atoms with Crippen LogP contribution in [0, 0.1) is 10.1 Å². The predicted octanol–water partition coefficient (Wildman–Crippen LogP) is 1.54. The van der Waals surface area contributed by atoms with Crippen LogP contribution < -0.4 is 9.47 Å². The van der Waals surface area contributed by atoms with Gasteiger partial charge >= 0.3 is 5.69 Å². The van der Waals surface area contributed by atoms with E-state index in [9.17, 15) is 10.1 Å². The molecule has 0 aromatic carbocycles. The highest BCUT2D eigenvalue weighted by Gasteiger charge is 2.24. The molecule has 1 aromatic heterocycles. The van der Waals surface area contributed by atoms with E-state index in [0.29, 0.717) is 11.3 Å². The molecule has 98 valence electrons. The first-order valence-corrected chi connectivity index (χ1v) is 5.11. The largest absolute Gasteiger partial charge is 0.494 e. The first-order valence-electron chi connectivity index (χ1n) is 5.11. The maximum absolute atomic E-state index is 11.1. The molecule has 0 aliphatic heterocycles. The van der Waals surface area contributed by atoms with E-state index in [1.165, 1.54) is 20.4 Å². The minimum atomic E-state index is -0.538.